The number of nitrogens with one attached hydrogen (secondary N) is 1. The molecule has 0 heterocycles. The first-order chi connectivity index (χ1) is 9.68. The van der Waals surface area contributed by atoms with Crippen molar-refractivity contribution >= 4 is 5.91 Å². The van der Waals surface area contributed by atoms with Crippen LogP contribution in [-0.2, 0) is 4.79 Å². The Balaban J connectivity index is 1.89. The fourth-order valence-electron chi connectivity index (χ4n) is 1.91. The second kappa shape index (κ2) is 6.84. The number of amides is 1. The summed E-state index contributed by atoms with van der Waals surface area (Å²) < 4.78 is 0. The summed E-state index contributed by atoms with van der Waals surface area (Å²) in [4.78, 5) is 11.9. The van der Waals surface area contributed by atoms with Crippen LogP contribution in [0.3, 0.4) is 0 Å². The third-order valence-electron chi connectivity index (χ3n) is 3.10. The van der Waals surface area contributed by atoms with Crippen LogP contribution >= 0.6 is 0 Å². The molecule has 0 fully saturated rings. The van der Waals surface area contributed by atoms with Gasteiger partial charge in [0.2, 0.25) is 5.91 Å². The molecular formula is C16H18N2O2. The van der Waals surface area contributed by atoms with Gasteiger partial charge in [-0.05, 0) is 11.1 Å². The molecule has 2 aromatic rings. The lowest BCUT2D eigenvalue weighted by Gasteiger charge is -2.15. The number of aliphatic hydroxyl groups excluding tert-OH is 1. The maximum Gasteiger partial charge on any atom is 0.241 e. The van der Waals surface area contributed by atoms with E-state index in [-0.39, 0.29) is 12.5 Å². The third kappa shape index (κ3) is 3.66. The van der Waals surface area contributed by atoms with Crippen molar-refractivity contribution in [2.75, 3.05) is 6.54 Å². The van der Waals surface area contributed by atoms with Crippen LogP contribution in [0.1, 0.15) is 23.3 Å². The summed E-state index contributed by atoms with van der Waals surface area (Å²) in [5.41, 5.74) is 7.38. The van der Waals surface area contributed by atoms with Gasteiger partial charge in [-0.2, -0.15) is 0 Å². The van der Waals surface area contributed by atoms with E-state index in [9.17, 15) is 9.90 Å². The molecule has 20 heavy (non-hydrogen) atoms. The molecule has 4 heteroatoms. The molecular weight excluding hydrogens is 252 g/mol. The van der Waals surface area contributed by atoms with Crippen LogP contribution in [-0.4, -0.2) is 17.6 Å². The van der Waals surface area contributed by atoms with E-state index in [1.807, 2.05) is 48.5 Å². The molecule has 4 N–H and O–H groups in total. The van der Waals surface area contributed by atoms with E-state index >= 15 is 0 Å². The molecule has 1 unspecified atom stereocenters. The molecule has 1 amide bonds. The number of carbonyl (C=O) groups is 1. The molecule has 0 radical (unpaired) electrons. The summed E-state index contributed by atoms with van der Waals surface area (Å²) in [6.07, 6.45) is -0.733. The van der Waals surface area contributed by atoms with Gasteiger partial charge >= 0.3 is 0 Å². The Bertz CT molecular complexity index is 543. The number of carbonyl (C=O) groups excluding carboxylic acids is 1. The standard InChI is InChI=1S/C16H18N2O2/c17-15(13-9-5-2-6-10-13)16(20)18-11-14(19)12-7-3-1-4-8-12/h1-10,14-15,19H,11,17H2,(H,18,20)/t14?,15-/m0/s1. The Labute approximate surface area is 118 Å². The maximum atomic E-state index is 11.9. The molecule has 0 aromatic heterocycles. The Kier molecular flexibility index (Phi) is 4.87. The summed E-state index contributed by atoms with van der Waals surface area (Å²) in [7, 11) is 0. The zero-order chi connectivity index (χ0) is 14.4. The van der Waals surface area contributed by atoms with Crippen molar-refractivity contribution < 1.29 is 9.90 Å². The minimum Gasteiger partial charge on any atom is -0.387 e. The van der Waals surface area contributed by atoms with Crippen molar-refractivity contribution in [3.63, 3.8) is 0 Å². The van der Waals surface area contributed by atoms with E-state index in [2.05, 4.69) is 5.32 Å². The number of rotatable bonds is 5. The van der Waals surface area contributed by atoms with E-state index in [0.29, 0.717) is 0 Å². The minimum atomic E-state index is -0.733. The third-order valence-corrected chi connectivity index (χ3v) is 3.10. The van der Waals surface area contributed by atoms with Crippen molar-refractivity contribution in [1.82, 2.24) is 5.32 Å². The van der Waals surface area contributed by atoms with Crippen LogP contribution in [0.5, 0.6) is 0 Å². The van der Waals surface area contributed by atoms with Crippen LogP contribution in [0.25, 0.3) is 0 Å². The fraction of sp³-hybridized carbons (Fsp3) is 0.188. The van der Waals surface area contributed by atoms with Gasteiger partial charge in [-0.25, -0.2) is 0 Å². The number of aliphatic hydroxyl groups is 1. The van der Waals surface area contributed by atoms with Gasteiger partial charge in [-0.3, -0.25) is 4.79 Å². The predicted octanol–water partition coefficient (Wildman–Crippen LogP) is 1.54. The Hall–Kier alpha value is -2.17. The second-order valence-corrected chi connectivity index (χ2v) is 4.56. The van der Waals surface area contributed by atoms with E-state index in [0.717, 1.165) is 11.1 Å². The number of nitrogens with two attached hydrogens (primary N) is 1. The first kappa shape index (κ1) is 14.2. The lowest BCUT2D eigenvalue weighted by Crippen LogP contribution is -2.36. The van der Waals surface area contributed by atoms with Gasteiger partial charge in [-0.15, -0.1) is 0 Å². The molecule has 0 bridgehead atoms. The Morgan fingerprint density at radius 1 is 1.00 bits per heavy atom. The quantitative estimate of drug-likeness (QED) is 0.771. The lowest BCUT2D eigenvalue weighted by molar-refractivity contribution is -0.122. The first-order valence-corrected chi connectivity index (χ1v) is 6.49. The van der Waals surface area contributed by atoms with Gasteiger partial charge in [0.05, 0.1) is 6.10 Å². The SMILES string of the molecule is N[C@H](C(=O)NCC(O)c1ccccc1)c1ccccc1. The molecule has 0 saturated heterocycles. The molecule has 2 aromatic carbocycles. The van der Waals surface area contributed by atoms with Gasteiger partial charge in [0.25, 0.3) is 0 Å². The first-order valence-electron chi connectivity index (χ1n) is 6.49. The summed E-state index contributed by atoms with van der Waals surface area (Å²) in [5, 5.41) is 12.6. The van der Waals surface area contributed by atoms with Gasteiger partial charge < -0.3 is 16.2 Å². The van der Waals surface area contributed by atoms with E-state index in [1.165, 1.54) is 0 Å². The number of benzene rings is 2. The van der Waals surface area contributed by atoms with Crippen LogP contribution in [0, 0.1) is 0 Å². The lowest BCUT2D eigenvalue weighted by atomic mass is 10.1. The number of hydrogen-bond donors (Lipinski definition) is 3. The summed E-state index contributed by atoms with van der Waals surface area (Å²) in [6, 6.07) is 17.6. The van der Waals surface area contributed by atoms with Crippen LogP contribution in [0.2, 0.25) is 0 Å². The molecule has 0 aliphatic rings. The van der Waals surface area contributed by atoms with Crippen molar-refractivity contribution in [1.29, 1.82) is 0 Å². The van der Waals surface area contributed by atoms with E-state index in [4.69, 9.17) is 5.73 Å². The minimum absolute atomic E-state index is 0.142. The van der Waals surface area contributed by atoms with Crippen LogP contribution < -0.4 is 11.1 Å². The largest absolute Gasteiger partial charge is 0.387 e. The van der Waals surface area contributed by atoms with Crippen molar-refractivity contribution in [2.24, 2.45) is 5.73 Å². The van der Waals surface area contributed by atoms with Crippen LogP contribution in [0.15, 0.2) is 60.7 Å². The van der Waals surface area contributed by atoms with E-state index in [1.54, 1.807) is 12.1 Å². The maximum absolute atomic E-state index is 11.9. The monoisotopic (exact) mass is 270 g/mol. The smallest absolute Gasteiger partial charge is 0.241 e. The molecule has 0 saturated carbocycles. The van der Waals surface area contributed by atoms with E-state index < -0.39 is 12.1 Å². The topological polar surface area (TPSA) is 75.4 Å². The Morgan fingerprint density at radius 2 is 1.50 bits per heavy atom. The highest BCUT2D eigenvalue weighted by Crippen LogP contribution is 2.12. The Morgan fingerprint density at radius 3 is 2.05 bits per heavy atom. The fourth-order valence-corrected chi connectivity index (χ4v) is 1.91. The molecule has 2 rings (SSSR count). The molecule has 0 spiro atoms. The molecule has 2 atom stereocenters. The average Bonchev–Trinajstić information content (AvgIpc) is 2.53. The van der Waals surface area contributed by atoms with Gasteiger partial charge in [0.1, 0.15) is 6.04 Å². The van der Waals surface area contributed by atoms with Gasteiger partial charge in [0, 0.05) is 6.54 Å². The summed E-state index contributed by atoms with van der Waals surface area (Å²) in [5.74, 6) is -0.300. The second-order valence-electron chi connectivity index (χ2n) is 4.56. The highest BCUT2D eigenvalue weighted by molar-refractivity contribution is 5.82. The highest BCUT2D eigenvalue weighted by Gasteiger charge is 2.16. The van der Waals surface area contributed by atoms with Crippen molar-refractivity contribution in [3.05, 3.63) is 71.8 Å². The predicted molar refractivity (Wildman–Crippen MR) is 77.8 cm³/mol. The average molecular weight is 270 g/mol. The molecule has 0 aliphatic carbocycles. The molecule has 0 aliphatic heterocycles. The molecule has 4 nitrogen and oxygen atoms in total. The highest BCUT2D eigenvalue weighted by atomic mass is 16.3. The van der Waals surface area contributed by atoms with Crippen molar-refractivity contribution in [2.45, 2.75) is 12.1 Å². The number of hydrogen-bond acceptors (Lipinski definition) is 3. The van der Waals surface area contributed by atoms with Gasteiger partial charge in [-0.1, -0.05) is 60.7 Å². The summed E-state index contributed by atoms with van der Waals surface area (Å²) in [6.45, 7) is 0.142. The van der Waals surface area contributed by atoms with Crippen LogP contribution in [0.4, 0.5) is 0 Å². The zero-order valence-corrected chi connectivity index (χ0v) is 11.1. The van der Waals surface area contributed by atoms with Gasteiger partial charge in [0.15, 0.2) is 0 Å². The summed E-state index contributed by atoms with van der Waals surface area (Å²) >= 11 is 0. The van der Waals surface area contributed by atoms with Crippen molar-refractivity contribution in [3.8, 4) is 0 Å². The normalized spacial score (nSPS) is 13.5. The zero-order valence-electron chi connectivity index (χ0n) is 11.1. The molecule has 104 valence electrons.